The number of nitrogens with zero attached hydrogens (tertiary/aromatic N) is 5. The number of aromatic nitrogens is 2. The predicted molar refractivity (Wildman–Crippen MR) is 85.1 cm³/mol. The maximum Gasteiger partial charge on any atom is 0.319 e. The van der Waals surface area contributed by atoms with Crippen LogP contribution in [0.2, 0.25) is 0 Å². The molecular formula is C14H19N5O4S. The van der Waals surface area contributed by atoms with Crippen LogP contribution in [0, 0.1) is 0 Å². The molecule has 0 aliphatic carbocycles. The highest BCUT2D eigenvalue weighted by atomic mass is 32.2. The maximum absolute atomic E-state index is 12.7. The number of hydrogen-bond donors (Lipinski definition) is 0. The van der Waals surface area contributed by atoms with Gasteiger partial charge >= 0.3 is 6.03 Å². The highest BCUT2D eigenvalue weighted by Crippen LogP contribution is 2.28. The molecule has 2 fully saturated rings. The molecule has 2 aliphatic rings. The maximum atomic E-state index is 12.7. The molecule has 0 bridgehead atoms. The van der Waals surface area contributed by atoms with E-state index in [-0.39, 0.29) is 35.7 Å². The smallest absolute Gasteiger partial charge is 0.319 e. The van der Waals surface area contributed by atoms with Crippen LogP contribution in [-0.2, 0) is 9.84 Å². The molecule has 1 aromatic rings. The number of fused-ring (bicyclic) bond motifs is 1. The topological polar surface area (TPSA) is 104 Å². The third-order valence-electron chi connectivity index (χ3n) is 4.36. The van der Waals surface area contributed by atoms with Crippen LogP contribution in [0.5, 0.6) is 0 Å². The van der Waals surface area contributed by atoms with Gasteiger partial charge in [-0.15, -0.1) is 5.10 Å². The van der Waals surface area contributed by atoms with Crippen molar-refractivity contribution in [3.63, 3.8) is 0 Å². The van der Waals surface area contributed by atoms with Gasteiger partial charge in [0.25, 0.3) is 5.91 Å². The summed E-state index contributed by atoms with van der Waals surface area (Å²) in [4.78, 5) is 29.5. The first-order valence-electron chi connectivity index (χ1n) is 7.57. The van der Waals surface area contributed by atoms with Gasteiger partial charge in [-0.2, -0.15) is 5.10 Å². The minimum Gasteiger partial charge on any atom is -0.331 e. The van der Waals surface area contributed by atoms with Crippen LogP contribution >= 0.6 is 0 Å². The fraction of sp³-hybridized carbons (Fsp3) is 0.571. The summed E-state index contributed by atoms with van der Waals surface area (Å²) < 4.78 is 24.2. The van der Waals surface area contributed by atoms with E-state index in [0.717, 1.165) is 0 Å². The zero-order chi connectivity index (χ0) is 17.5. The molecular weight excluding hydrogens is 334 g/mol. The van der Waals surface area contributed by atoms with Crippen molar-refractivity contribution in [3.8, 4) is 0 Å². The van der Waals surface area contributed by atoms with Gasteiger partial charge in [0.05, 0.1) is 23.6 Å². The summed E-state index contributed by atoms with van der Waals surface area (Å²) in [7, 11) is -0.0661. The Morgan fingerprint density at radius 1 is 1.17 bits per heavy atom. The average Bonchev–Trinajstić information content (AvgIpc) is 2.88. The predicted octanol–water partition coefficient (Wildman–Crippen LogP) is -0.918. The van der Waals surface area contributed by atoms with Crippen LogP contribution in [0.25, 0.3) is 0 Å². The zero-order valence-corrected chi connectivity index (χ0v) is 14.3. The van der Waals surface area contributed by atoms with Gasteiger partial charge in [0.2, 0.25) is 0 Å². The molecule has 0 spiro atoms. The van der Waals surface area contributed by atoms with Crippen molar-refractivity contribution in [2.75, 3.05) is 38.7 Å². The lowest BCUT2D eigenvalue weighted by Gasteiger charge is -2.44. The summed E-state index contributed by atoms with van der Waals surface area (Å²) in [5.41, 5.74) is 0.174. The second-order valence-electron chi connectivity index (χ2n) is 6.19. The molecule has 2 atom stereocenters. The van der Waals surface area contributed by atoms with Crippen molar-refractivity contribution in [2.24, 2.45) is 0 Å². The molecule has 0 unspecified atom stereocenters. The minimum atomic E-state index is -3.31. The normalized spacial score (nSPS) is 25.2. The van der Waals surface area contributed by atoms with E-state index in [1.165, 1.54) is 16.0 Å². The number of rotatable bonds is 1. The molecule has 3 amide bonds. The first-order valence-corrected chi connectivity index (χ1v) is 9.39. The van der Waals surface area contributed by atoms with Gasteiger partial charge in [0.1, 0.15) is 0 Å². The van der Waals surface area contributed by atoms with E-state index in [4.69, 9.17) is 0 Å². The Balaban J connectivity index is 1.90. The molecule has 9 nitrogen and oxygen atoms in total. The van der Waals surface area contributed by atoms with Gasteiger partial charge in [-0.05, 0) is 12.1 Å². The van der Waals surface area contributed by atoms with Crippen molar-refractivity contribution < 1.29 is 18.0 Å². The van der Waals surface area contributed by atoms with Crippen molar-refractivity contribution in [1.82, 2.24) is 24.9 Å². The third kappa shape index (κ3) is 2.93. The molecule has 1 aromatic heterocycles. The lowest BCUT2D eigenvalue weighted by atomic mass is 10.0. The van der Waals surface area contributed by atoms with E-state index >= 15 is 0 Å². The number of carbonyl (C=O) groups is 2. The van der Waals surface area contributed by atoms with Crippen LogP contribution in [0.1, 0.15) is 10.5 Å². The van der Waals surface area contributed by atoms with Gasteiger partial charge in [0.15, 0.2) is 15.5 Å². The Hall–Kier alpha value is -2.23. The Morgan fingerprint density at radius 3 is 2.38 bits per heavy atom. The molecule has 3 heterocycles. The van der Waals surface area contributed by atoms with Crippen LogP contribution in [0.15, 0.2) is 18.3 Å². The van der Waals surface area contributed by atoms with Crippen LogP contribution < -0.4 is 0 Å². The zero-order valence-electron chi connectivity index (χ0n) is 13.5. The Labute approximate surface area is 140 Å². The lowest BCUT2D eigenvalue weighted by Crippen LogP contribution is -2.63. The number of sulfone groups is 1. The molecule has 10 heteroatoms. The van der Waals surface area contributed by atoms with E-state index in [0.29, 0.717) is 6.54 Å². The highest BCUT2D eigenvalue weighted by Gasteiger charge is 2.50. The van der Waals surface area contributed by atoms with Crippen LogP contribution in [0.4, 0.5) is 4.79 Å². The van der Waals surface area contributed by atoms with Crippen molar-refractivity contribution >= 4 is 21.8 Å². The summed E-state index contributed by atoms with van der Waals surface area (Å²) in [6, 6.07) is 1.83. The molecule has 3 rings (SSSR count). The summed E-state index contributed by atoms with van der Waals surface area (Å²) in [5, 5.41) is 7.50. The van der Waals surface area contributed by atoms with Gasteiger partial charge in [0, 0.05) is 33.4 Å². The molecule has 0 N–H and O–H groups in total. The number of hydrogen-bond acceptors (Lipinski definition) is 6. The highest BCUT2D eigenvalue weighted by molar-refractivity contribution is 7.91. The second kappa shape index (κ2) is 6.00. The Bertz CT molecular complexity index is 752. The van der Waals surface area contributed by atoms with E-state index in [9.17, 15) is 18.0 Å². The summed E-state index contributed by atoms with van der Waals surface area (Å²) in [5.74, 6) is -0.616. The van der Waals surface area contributed by atoms with Crippen LogP contribution in [-0.4, -0.2) is 96.0 Å². The minimum absolute atomic E-state index is 0.124. The SMILES string of the molecule is CN(C)C(=O)N1CCN(C(=O)c2cccnn2)[C@@H]2CS(=O)(=O)C[C@@H]21. The lowest BCUT2D eigenvalue weighted by molar-refractivity contribution is 0.0387. The Kier molecular flexibility index (Phi) is 4.16. The van der Waals surface area contributed by atoms with Gasteiger partial charge in [-0.25, -0.2) is 13.2 Å². The van der Waals surface area contributed by atoms with Crippen molar-refractivity contribution in [1.29, 1.82) is 0 Å². The first-order chi connectivity index (χ1) is 11.3. The standard InChI is InChI=1S/C14H19N5O4S/c1-17(2)14(21)19-7-6-18(11-8-24(22,23)9-12(11)19)13(20)10-4-3-5-15-16-10/h3-5,11-12H,6-9H2,1-2H3/t11-,12+/m1/s1. The largest absolute Gasteiger partial charge is 0.331 e. The number of urea groups is 1. The van der Waals surface area contributed by atoms with Crippen LogP contribution in [0.3, 0.4) is 0 Å². The Morgan fingerprint density at radius 2 is 1.79 bits per heavy atom. The summed E-state index contributed by atoms with van der Waals surface area (Å²) in [6.45, 7) is 0.561. The van der Waals surface area contributed by atoms with E-state index in [1.807, 2.05) is 0 Å². The molecule has 0 radical (unpaired) electrons. The number of amides is 3. The monoisotopic (exact) mass is 353 g/mol. The van der Waals surface area contributed by atoms with Crippen molar-refractivity contribution in [3.05, 3.63) is 24.0 Å². The molecule has 2 aliphatic heterocycles. The molecule has 0 aromatic carbocycles. The van der Waals surface area contributed by atoms with E-state index in [2.05, 4.69) is 10.2 Å². The van der Waals surface area contributed by atoms with E-state index in [1.54, 1.807) is 31.1 Å². The third-order valence-corrected chi connectivity index (χ3v) is 6.06. The number of carbonyl (C=O) groups excluding carboxylic acids is 2. The van der Waals surface area contributed by atoms with Gasteiger partial charge < -0.3 is 14.7 Å². The number of piperazine rings is 1. The molecule has 130 valence electrons. The fourth-order valence-corrected chi connectivity index (χ4v) is 5.24. The van der Waals surface area contributed by atoms with Crippen molar-refractivity contribution in [2.45, 2.75) is 12.1 Å². The average molecular weight is 353 g/mol. The first kappa shape index (κ1) is 16.6. The molecule has 2 saturated heterocycles. The second-order valence-corrected chi connectivity index (χ2v) is 8.34. The molecule has 0 saturated carbocycles. The fourth-order valence-electron chi connectivity index (χ4n) is 3.26. The summed E-state index contributed by atoms with van der Waals surface area (Å²) in [6.07, 6.45) is 1.47. The molecule has 24 heavy (non-hydrogen) atoms. The van der Waals surface area contributed by atoms with Gasteiger partial charge in [-0.1, -0.05) is 0 Å². The quantitative estimate of drug-likeness (QED) is 0.647. The summed E-state index contributed by atoms with van der Waals surface area (Å²) >= 11 is 0. The van der Waals surface area contributed by atoms with Gasteiger partial charge in [-0.3, -0.25) is 4.79 Å². The van der Waals surface area contributed by atoms with E-state index < -0.39 is 21.9 Å².